The van der Waals surface area contributed by atoms with Crippen LogP contribution in [0.2, 0.25) is 0 Å². The zero-order chi connectivity index (χ0) is 16.7. The molecule has 2 aromatic heterocycles. The van der Waals surface area contributed by atoms with Gasteiger partial charge in [0.1, 0.15) is 0 Å². The molecule has 24 heavy (non-hydrogen) atoms. The second-order valence-electron chi connectivity index (χ2n) is 6.47. The Hall–Kier alpha value is -2.40. The van der Waals surface area contributed by atoms with Gasteiger partial charge in [0.2, 0.25) is 5.91 Å². The monoisotopic (exact) mass is 338 g/mol. The maximum Gasteiger partial charge on any atom is 0.236 e. The summed E-state index contributed by atoms with van der Waals surface area (Å²) in [5, 5.41) is 9.22. The van der Waals surface area contributed by atoms with Gasteiger partial charge < -0.3 is 9.84 Å². The van der Waals surface area contributed by atoms with E-state index in [4.69, 9.17) is 4.52 Å². The van der Waals surface area contributed by atoms with Gasteiger partial charge in [-0.3, -0.25) is 4.79 Å². The average Bonchev–Trinajstić information content (AvgIpc) is 2.97. The highest BCUT2D eigenvalue weighted by Gasteiger charge is 2.53. The highest BCUT2D eigenvalue weighted by atomic mass is 32.1. The van der Waals surface area contributed by atoms with E-state index in [1.54, 1.807) is 11.3 Å². The van der Waals surface area contributed by atoms with Gasteiger partial charge in [0.25, 0.3) is 0 Å². The van der Waals surface area contributed by atoms with Gasteiger partial charge in [-0.05, 0) is 61.4 Å². The van der Waals surface area contributed by atoms with Gasteiger partial charge in [0.15, 0.2) is 5.76 Å². The Balaban J connectivity index is 1.58. The molecule has 4 nitrogen and oxygen atoms in total. The number of benzene rings is 1. The van der Waals surface area contributed by atoms with Crippen LogP contribution in [0.4, 0.5) is 5.69 Å². The van der Waals surface area contributed by atoms with Crippen LogP contribution in [0.1, 0.15) is 29.7 Å². The van der Waals surface area contributed by atoms with Crippen molar-refractivity contribution in [2.24, 2.45) is 0 Å². The van der Waals surface area contributed by atoms with E-state index < -0.39 is 5.41 Å². The number of amides is 1. The molecule has 1 N–H and O–H groups in total. The summed E-state index contributed by atoms with van der Waals surface area (Å²) in [5.41, 5.74) is 3.29. The molecule has 0 radical (unpaired) electrons. The topological polar surface area (TPSA) is 55.1 Å². The van der Waals surface area contributed by atoms with Crippen LogP contribution in [0.15, 0.2) is 46.3 Å². The van der Waals surface area contributed by atoms with Crippen molar-refractivity contribution in [3.05, 3.63) is 58.6 Å². The predicted octanol–water partition coefficient (Wildman–Crippen LogP) is 4.69. The summed E-state index contributed by atoms with van der Waals surface area (Å²) < 4.78 is 5.45. The minimum atomic E-state index is -0.545. The van der Waals surface area contributed by atoms with Crippen LogP contribution in [0, 0.1) is 13.8 Å². The Morgan fingerprint density at radius 3 is 2.58 bits per heavy atom. The number of nitrogens with one attached hydrogen (secondary N) is 1. The molecule has 0 atom stereocenters. The number of hydrogen-bond acceptors (Lipinski definition) is 4. The molecule has 4 rings (SSSR count). The average molecular weight is 338 g/mol. The molecule has 0 unspecified atom stereocenters. The maximum atomic E-state index is 12.8. The molecule has 1 amide bonds. The van der Waals surface area contributed by atoms with Crippen molar-refractivity contribution in [1.29, 1.82) is 0 Å². The zero-order valence-corrected chi connectivity index (χ0v) is 14.4. The third-order valence-corrected chi connectivity index (χ3v) is 5.31. The van der Waals surface area contributed by atoms with E-state index in [9.17, 15) is 4.79 Å². The van der Waals surface area contributed by atoms with Crippen molar-refractivity contribution < 1.29 is 9.32 Å². The van der Waals surface area contributed by atoms with E-state index in [0.717, 1.165) is 46.0 Å². The fourth-order valence-corrected chi connectivity index (χ4v) is 3.73. The van der Waals surface area contributed by atoms with E-state index in [-0.39, 0.29) is 5.91 Å². The van der Waals surface area contributed by atoms with Crippen LogP contribution < -0.4 is 5.32 Å². The van der Waals surface area contributed by atoms with E-state index in [0.29, 0.717) is 0 Å². The minimum absolute atomic E-state index is 0.00136. The lowest BCUT2D eigenvalue weighted by molar-refractivity contribution is -0.118. The molecule has 1 fully saturated rings. The second-order valence-corrected chi connectivity index (χ2v) is 7.41. The lowest BCUT2D eigenvalue weighted by Crippen LogP contribution is -2.28. The number of aryl methyl sites for hydroxylation is 2. The lowest BCUT2D eigenvalue weighted by Gasteiger charge is -2.13. The molecule has 0 bridgehead atoms. The quantitative estimate of drug-likeness (QED) is 0.751. The van der Waals surface area contributed by atoms with Gasteiger partial charge in [0.05, 0.1) is 16.0 Å². The number of rotatable bonds is 4. The molecule has 5 heteroatoms. The normalized spacial score (nSPS) is 15.2. The summed E-state index contributed by atoms with van der Waals surface area (Å²) in [4.78, 5) is 13.9. The number of aromatic nitrogens is 1. The summed E-state index contributed by atoms with van der Waals surface area (Å²) in [5.74, 6) is 0.726. The molecular formula is C19H18N2O2S. The highest BCUT2D eigenvalue weighted by Crippen LogP contribution is 2.49. The van der Waals surface area contributed by atoms with Crippen molar-refractivity contribution in [3.63, 3.8) is 0 Å². The molecule has 1 aliphatic carbocycles. The van der Waals surface area contributed by atoms with Crippen molar-refractivity contribution in [3.8, 4) is 10.6 Å². The zero-order valence-electron chi connectivity index (χ0n) is 13.6. The van der Waals surface area contributed by atoms with Crippen LogP contribution in [-0.2, 0) is 10.2 Å². The molecule has 0 aliphatic heterocycles. The first-order valence-corrected chi connectivity index (χ1v) is 8.86. The maximum absolute atomic E-state index is 12.8. The summed E-state index contributed by atoms with van der Waals surface area (Å²) >= 11 is 1.60. The Bertz CT molecular complexity index is 872. The fraction of sp³-hybridized carbons (Fsp3) is 0.263. The van der Waals surface area contributed by atoms with E-state index in [1.807, 2.05) is 49.6 Å². The van der Waals surface area contributed by atoms with Gasteiger partial charge in [-0.25, -0.2) is 0 Å². The molecule has 1 saturated carbocycles. The van der Waals surface area contributed by atoms with Crippen molar-refractivity contribution in [2.45, 2.75) is 32.1 Å². The largest absolute Gasteiger partial charge is 0.355 e. The van der Waals surface area contributed by atoms with Gasteiger partial charge in [-0.2, -0.15) is 0 Å². The van der Waals surface area contributed by atoms with E-state index >= 15 is 0 Å². The Labute approximate surface area is 144 Å². The first-order valence-electron chi connectivity index (χ1n) is 7.98. The van der Waals surface area contributed by atoms with Gasteiger partial charge in [0, 0.05) is 11.8 Å². The first-order chi connectivity index (χ1) is 11.6. The summed E-state index contributed by atoms with van der Waals surface area (Å²) in [7, 11) is 0. The number of nitrogens with zero attached hydrogens (tertiary/aromatic N) is 1. The van der Waals surface area contributed by atoms with Crippen LogP contribution in [-0.4, -0.2) is 11.1 Å². The van der Waals surface area contributed by atoms with Gasteiger partial charge in [-0.1, -0.05) is 17.3 Å². The van der Waals surface area contributed by atoms with Gasteiger partial charge >= 0.3 is 0 Å². The summed E-state index contributed by atoms with van der Waals surface area (Å²) in [6.07, 6.45) is 1.61. The second kappa shape index (κ2) is 5.60. The smallest absolute Gasteiger partial charge is 0.236 e. The molecule has 122 valence electrons. The van der Waals surface area contributed by atoms with Crippen molar-refractivity contribution in [1.82, 2.24) is 5.16 Å². The van der Waals surface area contributed by atoms with Crippen molar-refractivity contribution >= 4 is 22.9 Å². The van der Waals surface area contributed by atoms with E-state index in [1.165, 1.54) is 0 Å². The summed E-state index contributed by atoms with van der Waals surface area (Å²) in [6, 6.07) is 11.9. The molecule has 0 spiro atoms. The van der Waals surface area contributed by atoms with Crippen LogP contribution in [0.25, 0.3) is 10.6 Å². The third-order valence-electron chi connectivity index (χ3n) is 4.43. The Kier molecular flexibility index (Phi) is 3.53. The van der Waals surface area contributed by atoms with Crippen LogP contribution in [0.5, 0.6) is 0 Å². The molecule has 1 aromatic carbocycles. The minimum Gasteiger partial charge on any atom is -0.355 e. The summed E-state index contributed by atoms with van der Waals surface area (Å²) in [6.45, 7) is 4.06. The molecular weight excluding hydrogens is 320 g/mol. The molecule has 0 saturated heterocycles. The van der Waals surface area contributed by atoms with Crippen LogP contribution in [0.3, 0.4) is 0 Å². The first kappa shape index (κ1) is 15.1. The molecule has 3 aromatic rings. The third kappa shape index (κ3) is 2.65. The number of carbonyl (C=O) groups is 1. The number of hydrogen-bond donors (Lipinski definition) is 1. The Morgan fingerprint density at radius 2 is 1.96 bits per heavy atom. The molecule has 1 aliphatic rings. The Morgan fingerprint density at radius 1 is 1.21 bits per heavy atom. The van der Waals surface area contributed by atoms with Crippen molar-refractivity contribution in [2.75, 3.05) is 5.32 Å². The predicted molar refractivity (Wildman–Crippen MR) is 95.3 cm³/mol. The van der Waals surface area contributed by atoms with Crippen LogP contribution >= 0.6 is 11.3 Å². The number of thiophene rings is 1. The molecule has 2 heterocycles. The SMILES string of the molecule is Cc1cc(C)cc(NC(=O)C2(c3cc(-c4cccs4)on3)CC2)c1. The highest BCUT2D eigenvalue weighted by molar-refractivity contribution is 7.13. The fourth-order valence-electron chi connectivity index (χ4n) is 3.06. The van der Waals surface area contributed by atoms with Gasteiger partial charge in [-0.15, -0.1) is 11.3 Å². The standard InChI is InChI=1S/C19H18N2O2S/c1-12-8-13(2)10-14(9-12)20-18(22)19(5-6-19)17-11-15(23-21-17)16-4-3-7-24-16/h3-4,7-11H,5-6H2,1-2H3,(H,20,22). The number of carbonyl (C=O) groups excluding carboxylic acids is 1. The van der Waals surface area contributed by atoms with E-state index in [2.05, 4.69) is 16.5 Å². The lowest BCUT2D eigenvalue weighted by atomic mass is 10.0. The number of anilines is 1.